The van der Waals surface area contributed by atoms with Crippen LogP contribution in [0.3, 0.4) is 0 Å². The highest BCUT2D eigenvalue weighted by Crippen LogP contribution is 2.45. The van der Waals surface area contributed by atoms with Gasteiger partial charge in [0.2, 0.25) is 5.91 Å². The number of hydrogen-bond acceptors (Lipinski definition) is 6. The minimum absolute atomic E-state index is 0.0863. The second-order valence-electron chi connectivity index (χ2n) is 13.8. The second-order valence-corrected chi connectivity index (χ2v) is 13.8. The summed E-state index contributed by atoms with van der Waals surface area (Å²) in [4.78, 5) is 31.0. The summed E-state index contributed by atoms with van der Waals surface area (Å²) < 4.78 is 18.3. The highest BCUT2D eigenvalue weighted by molar-refractivity contribution is 5.79. The van der Waals surface area contributed by atoms with Gasteiger partial charge in [-0.2, -0.15) is 0 Å². The van der Waals surface area contributed by atoms with Crippen LogP contribution in [0.1, 0.15) is 63.5 Å². The van der Waals surface area contributed by atoms with Crippen LogP contribution in [0.15, 0.2) is 18.2 Å². The molecule has 9 nitrogen and oxygen atoms in total. The number of ether oxygens (including phenoxy) is 3. The zero-order valence-corrected chi connectivity index (χ0v) is 26.1. The molecule has 3 atom stereocenters. The SMILES string of the molecule is CCCCN(CCC[N+](C)(C)C)C(=O)CN1CC(c2ccc3c(c2)CCO3)C(C(=O)O)C1CC(C)(C)C1OCCO1. The average molecular weight is 575 g/mol. The van der Waals surface area contributed by atoms with Gasteiger partial charge < -0.3 is 28.7 Å². The Labute approximate surface area is 246 Å². The first-order valence-electron chi connectivity index (χ1n) is 15.4. The molecule has 0 aliphatic carbocycles. The topological polar surface area (TPSA) is 88.5 Å². The molecule has 2 fully saturated rings. The number of quaternary nitrogens is 1. The smallest absolute Gasteiger partial charge is 0.308 e. The summed E-state index contributed by atoms with van der Waals surface area (Å²) >= 11 is 0. The summed E-state index contributed by atoms with van der Waals surface area (Å²) in [5, 5.41) is 10.6. The number of carbonyl (C=O) groups is 2. The van der Waals surface area contributed by atoms with E-state index in [1.807, 2.05) is 17.0 Å². The molecule has 3 heterocycles. The standard InChI is InChI=1S/C32H51N3O6/c1-7-8-13-33(14-9-15-35(4,5)6)28(36)22-34-21-25(23-10-11-27-24(19-23)12-16-39-27)29(30(37)38)26(34)20-32(2,3)31-40-17-18-41-31/h10-11,19,25-26,29,31H,7-9,12-18,20-22H2,1-6H3/p+1. The number of likely N-dealkylation sites (tertiary alicyclic amines) is 1. The van der Waals surface area contributed by atoms with Crippen molar-refractivity contribution in [3.05, 3.63) is 29.3 Å². The average Bonchev–Trinajstić information content (AvgIpc) is 3.65. The molecule has 9 heteroatoms. The third-order valence-electron chi connectivity index (χ3n) is 8.90. The van der Waals surface area contributed by atoms with E-state index in [-0.39, 0.29) is 30.7 Å². The number of rotatable bonds is 14. The van der Waals surface area contributed by atoms with E-state index in [1.165, 1.54) is 0 Å². The van der Waals surface area contributed by atoms with Gasteiger partial charge >= 0.3 is 5.97 Å². The number of carbonyl (C=O) groups excluding carboxylic acids is 1. The molecule has 0 saturated carbocycles. The molecular weight excluding hydrogens is 522 g/mol. The number of benzene rings is 1. The molecule has 1 aromatic rings. The fourth-order valence-corrected chi connectivity index (χ4v) is 6.69. The monoisotopic (exact) mass is 574 g/mol. The van der Waals surface area contributed by atoms with Gasteiger partial charge in [-0.1, -0.05) is 39.3 Å². The number of carboxylic acids is 1. The minimum atomic E-state index is -0.818. The maximum absolute atomic E-state index is 13.9. The Morgan fingerprint density at radius 1 is 1.10 bits per heavy atom. The third-order valence-corrected chi connectivity index (χ3v) is 8.90. The molecule has 4 rings (SSSR count). The van der Waals surface area contributed by atoms with E-state index in [0.717, 1.165) is 66.7 Å². The summed E-state index contributed by atoms with van der Waals surface area (Å²) in [6.07, 6.45) is 3.92. The van der Waals surface area contributed by atoms with Gasteiger partial charge in [-0.05, 0) is 30.0 Å². The summed E-state index contributed by atoms with van der Waals surface area (Å²) in [6, 6.07) is 5.79. The fourth-order valence-electron chi connectivity index (χ4n) is 6.69. The van der Waals surface area contributed by atoms with Gasteiger partial charge in [-0.15, -0.1) is 0 Å². The van der Waals surface area contributed by atoms with Crippen molar-refractivity contribution in [2.45, 2.75) is 71.1 Å². The van der Waals surface area contributed by atoms with Crippen molar-refractivity contribution in [2.75, 3.05) is 73.7 Å². The quantitative estimate of drug-likeness (QED) is 0.340. The summed E-state index contributed by atoms with van der Waals surface area (Å²) in [5.74, 6) is -0.713. The van der Waals surface area contributed by atoms with Gasteiger partial charge in [0.25, 0.3) is 0 Å². The van der Waals surface area contributed by atoms with E-state index in [9.17, 15) is 14.7 Å². The van der Waals surface area contributed by atoms with Crippen LogP contribution in [-0.2, 0) is 25.5 Å². The second kappa shape index (κ2) is 13.4. The van der Waals surface area contributed by atoms with Crippen molar-refractivity contribution >= 4 is 11.9 Å². The highest BCUT2D eigenvalue weighted by atomic mass is 16.7. The molecule has 3 aliphatic heterocycles. The Morgan fingerprint density at radius 3 is 2.46 bits per heavy atom. The van der Waals surface area contributed by atoms with Crippen LogP contribution < -0.4 is 4.74 Å². The first kappa shape index (κ1) is 31.7. The minimum Gasteiger partial charge on any atom is -0.493 e. The molecule has 0 spiro atoms. The maximum atomic E-state index is 13.9. The Balaban J connectivity index is 1.59. The lowest BCUT2D eigenvalue weighted by Gasteiger charge is -2.37. The number of unbranched alkanes of at least 4 members (excludes halogenated alkanes) is 1. The van der Waals surface area contributed by atoms with Crippen molar-refractivity contribution in [1.82, 2.24) is 9.80 Å². The summed E-state index contributed by atoms with van der Waals surface area (Å²) in [5.41, 5.74) is 1.73. The number of fused-ring (bicyclic) bond motifs is 1. The number of hydrogen-bond donors (Lipinski definition) is 1. The van der Waals surface area contributed by atoms with Gasteiger partial charge in [0.1, 0.15) is 5.75 Å². The van der Waals surface area contributed by atoms with E-state index in [4.69, 9.17) is 14.2 Å². The van der Waals surface area contributed by atoms with Crippen LogP contribution in [-0.4, -0.2) is 117 Å². The van der Waals surface area contributed by atoms with Crippen molar-refractivity contribution in [2.24, 2.45) is 11.3 Å². The molecule has 3 aliphatic rings. The van der Waals surface area contributed by atoms with Crippen LogP contribution in [0.2, 0.25) is 0 Å². The largest absolute Gasteiger partial charge is 0.493 e. The van der Waals surface area contributed by atoms with E-state index in [2.05, 4.69) is 52.9 Å². The van der Waals surface area contributed by atoms with Gasteiger partial charge in [0.05, 0.1) is 60.0 Å². The maximum Gasteiger partial charge on any atom is 0.308 e. The molecule has 0 radical (unpaired) electrons. The molecule has 3 unspecified atom stereocenters. The van der Waals surface area contributed by atoms with Crippen molar-refractivity contribution in [3.63, 3.8) is 0 Å². The van der Waals surface area contributed by atoms with Crippen LogP contribution in [0, 0.1) is 11.3 Å². The molecular formula is C32H52N3O6+. The summed E-state index contributed by atoms with van der Waals surface area (Å²) in [7, 11) is 6.51. The number of aliphatic carboxylic acids is 1. The summed E-state index contributed by atoms with van der Waals surface area (Å²) in [6.45, 7) is 11.2. The van der Waals surface area contributed by atoms with Gasteiger partial charge in [-0.3, -0.25) is 14.5 Å². The van der Waals surface area contributed by atoms with Crippen LogP contribution in [0.25, 0.3) is 0 Å². The molecule has 230 valence electrons. The molecule has 0 aromatic heterocycles. The van der Waals surface area contributed by atoms with E-state index >= 15 is 0 Å². The highest BCUT2D eigenvalue weighted by Gasteiger charge is 2.50. The van der Waals surface area contributed by atoms with Crippen molar-refractivity contribution in [3.8, 4) is 5.75 Å². The number of nitrogens with zero attached hydrogens (tertiary/aromatic N) is 3. The first-order chi connectivity index (χ1) is 19.4. The Bertz CT molecular complexity index is 1050. The van der Waals surface area contributed by atoms with Gasteiger partial charge in [0.15, 0.2) is 6.29 Å². The lowest BCUT2D eigenvalue weighted by Crippen LogP contribution is -2.47. The van der Waals surface area contributed by atoms with E-state index in [1.54, 1.807) is 0 Å². The molecule has 0 bridgehead atoms. The van der Waals surface area contributed by atoms with Gasteiger partial charge in [-0.25, -0.2) is 0 Å². The van der Waals surface area contributed by atoms with Crippen LogP contribution in [0.4, 0.5) is 0 Å². The predicted octanol–water partition coefficient (Wildman–Crippen LogP) is 3.60. The third kappa shape index (κ3) is 8.00. The van der Waals surface area contributed by atoms with E-state index < -0.39 is 17.3 Å². The van der Waals surface area contributed by atoms with E-state index in [0.29, 0.717) is 32.8 Å². The zero-order chi connectivity index (χ0) is 29.8. The number of carboxylic acid groups (broad SMARTS) is 1. The normalized spacial score (nSPS) is 23.5. The zero-order valence-electron chi connectivity index (χ0n) is 26.1. The molecule has 1 N–H and O–H groups in total. The molecule has 1 aromatic carbocycles. The Kier molecular flexibility index (Phi) is 10.4. The van der Waals surface area contributed by atoms with Gasteiger partial charge in [0, 0.05) is 49.9 Å². The number of amides is 1. The fraction of sp³-hybridized carbons (Fsp3) is 0.750. The lowest BCUT2D eigenvalue weighted by molar-refractivity contribution is -0.870. The van der Waals surface area contributed by atoms with Crippen molar-refractivity contribution in [1.29, 1.82) is 0 Å². The van der Waals surface area contributed by atoms with Crippen LogP contribution >= 0.6 is 0 Å². The molecule has 1 amide bonds. The Morgan fingerprint density at radius 2 is 1.80 bits per heavy atom. The molecule has 2 saturated heterocycles. The Hall–Kier alpha value is -2.20. The predicted molar refractivity (Wildman–Crippen MR) is 158 cm³/mol. The lowest BCUT2D eigenvalue weighted by atomic mass is 9.77. The van der Waals surface area contributed by atoms with Crippen molar-refractivity contribution < 1.29 is 33.4 Å². The first-order valence-corrected chi connectivity index (χ1v) is 15.4. The molecule has 41 heavy (non-hydrogen) atoms. The van der Waals surface area contributed by atoms with Crippen LogP contribution in [0.5, 0.6) is 5.75 Å².